The van der Waals surface area contributed by atoms with Crippen LogP contribution >= 0.6 is 23.1 Å². The molecule has 0 aliphatic rings. The molecule has 0 aliphatic carbocycles. The maximum atomic E-state index is 11.0. The molecule has 2 aromatic rings. The van der Waals surface area contributed by atoms with E-state index in [1.807, 2.05) is 38.6 Å². The lowest BCUT2D eigenvalue weighted by molar-refractivity contribution is -0.137. The first-order valence-electron chi connectivity index (χ1n) is 8.37. The van der Waals surface area contributed by atoms with Gasteiger partial charge in [-0.1, -0.05) is 0 Å². The molecular formula is C18H25N3O3S2. The molecule has 6 nitrogen and oxygen atoms in total. The highest BCUT2D eigenvalue weighted by Gasteiger charge is 2.15. The molecule has 0 aliphatic heterocycles. The van der Waals surface area contributed by atoms with E-state index in [1.165, 1.54) is 23.1 Å². The molecule has 1 aromatic carbocycles. The van der Waals surface area contributed by atoms with Gasteiger partial charge < -0.3 is 14.7 Å². The van der Waals surface area contributed by atoms with Crippen LogP contribution in [0.1, 0.15) is 25.3 Å². The molecule has 1 unspecified atom stereocenters. The van der Waals surface area contributed by atoms with E-state index in [1.54, 1.807) is 6.92 Å². The van der Waals surface area contributed by atoms with Crippen LogP contribution in [0.25, 0.3) is 10.2 Å². The van der Waals surface area contributed by atoms with E-state index >= 15 is 0 Å². The van der Waals surface area contributed by atoms with Gasteiger partial charge in [0.25, 0.3) is 0 Å². The molecule has 0 radical (unpaired) electrons. The molecule has 2 atom stereocenters. The van der Waals surface area contributed by atoms with Gasteiger partial charge >= 0.3 is 5.97 Å². The Kier molecular flexibility index (Phi) is 7.43. The summed E-state index contributed by atoms with van der Waals surface area (Å²) in [5, 5.41) is 10.4. The molecule has 0 fully saturated rings. The van der Waals surface area contributed by atoms with Crippen molar-refractivity contribution in [3.05, 3.63) is 23.2 Å². The lowest BCUT2D eigenvalue weighted by Crippen LogP contribution is -2.21. The molecule has 2 rings (SSSR count). The van der Waals surface area contributed by atoms with Crippen LogP contribution in [-0.2, 0) is 4.79 Å². The number of carboxylic acid groups (broad SMARTS) is 1. The van der Waals surface area contributed by atoms with Gasteiger partial charge in [0.2, 0.25) is 0 Å². The minimum atomic E-state index is -0.944. The van der Waals surface area contributed by atoms with Crippen molar-refractivity contribution in [2.24, 2.45) is 4.99 Å². The number of ether oxygens (including phenoxy) is 1. The van der Waals surface area contributed by atoms with Crippen LogP contribution in [0, 0.1) is 0 Å². The molecule has 0 amide bonds. The van der Waals surface area contributed by atoms with Gasteiger partial charge in [0.15, 0.2) is 0 Å². The molecule has 8 heteroatoms. The number of hydrogen-bond acceptors (Lipinski definition) is 7. The summed E-state index contributed by atoms with van der Waals surface area (Å²) < 4.78 is 7.01. The van der Waals surface area contributed by atoms with E-state index in [-0.39, 0.29) is 6.10 Å². The fourth-order valence-electron chi connectivity index (χ4n) is 2.23. The van der Waals surface area contributed by atoms with Crippen molar-refractivity contribution in [3.63, 3.8) is 0 Å². The maximum Gasteiger partial charge on any atom is 0.328 e. The number of rotatable bonds is 8. The van der Waals surface area contributed by atoms with Gasteiger partial charge in [0.05, 0.1) is 16.3 Å². The number of aliphatic carboxylic acids is 1. The first-order valence-corrected chi connectivity index (χ1v) is 10.4. The van der Waals surface area contributed by atoms with E-state index < -0.39 is 12.0 Å². The first kappa shape index (κ1) is 20.7. The number of aromatic nitrogens is 1. The lowest BCUT2D eigenvalue weighted by Gasteiger charge is -2.17. The highest BCUT2D eigenvalue weighted by atomic mass is 32.2. The Morgan fingerprint density at radius 2 is 2.15 bits per heavy atom. The van der Waals surface area contributed by atoms with E-state index in [9.17, 15) is 4.79 Å². The van der Waals surface area contributed by atoms with Crippen LogP contribution in [-0.4, -0.2) is 65.0 Å². The normalized spacial score (nSPS) is 14.6. The maximum absolute atomic E-state index is 11.0. The molecule has 0 saturated carbocycles. The summed E-state index contributed by atoms with van der Waals surface area (Å²) in [4.78, 5) is 22.0. The highest BCUT2D eigenvalue weighted by Crippen LogP contribution is 2.29. The van der Waals surface area contributed by atoms with Crippen molar-refractivity contribution in [3.8, 4) is 5.75 Å². The smallest absolute Gasteiger partial charge is 0.328 e. The lowest BCUT2D eigenvalue weighted by atomic mass is 10.2. The summed E-state index contributed by atoms with van der Waals surface area (Å²) in [6.45, 7) is 4.61. The summed E-state index contributed by atoms with van der Waals surface area (Å²) in [5.41, 5.74) is 0.864. The summed E-state index contributed by atoms with van der Waals surface area (Å²) in [6, 6.07) is 5.05. The summed E-state index contributed by atoms with van der Waals surface area (Å²) >= 11 is 2.91. The third kappa shape index (κ3) is 5.69. The number of nitrogens with zero attached hydrogens (tertiary/aromatic N) is 3. The Morgan fingerprint density at radius 3 is 2.77 bits per heavy atom. The van der Waals surface area contributed by atoms with Crippen molar-refractivity contribution in [2.75, 3.05) is 26.9 Å². The third-order valence-electron chi connectivity index (χ3n) is 3.72. The molecule has 0 spiro atoms. The van der Waals surface area contributed by atoms with Crippen molar-refractivity contribution in [1.82, 2.24) is 9.88 Å². The standard InChI is InChI=1S/C18H25N3O3S2/c1-11(8-9-21(3)4)24-13-6-7-14-15(10-13)26-17(20-14)16(25-5)19-12(2)18(22)23/h6-7,10-12H,8-9H2,1-5H3,(H,22,23)/b19-16-/t11?,12-/m1/s1. The molecule has 0 bridgehead atoms. The average Bonchev–Trinajstić information content (AvgIpc) is 3.00. The van der Waals surface area contributed by atoms with Crippen LogP contribution in [0.4, 0.5) is 0 Å². The van der Waals surface area contributed by atoms with Gasteiger partial charge in [-0.15, -0.1) is 23.1 Å². The predicted octanol–water partition coefficient (Wildman–Crippen LogP) is 3.60. The minimum absolute atomic E-state index is 0.127. The number of carboxylic acids is 1. The third-order valence-corrected chi connectivity index (χ3v) is 5.56. The Balaban J connectivity index is 2.19. The molecule has 142 valence electrons. The van der Waals surface area contributed by atoms with Crippen LogP contribution in [0.2, 0.25) is 0 Å². The summed E-state index contributed by atoms with van der Waals surface area (Å²) in [5.74, 6) is -0.124. The topological polar surface area (TPSA) is 75.0 Å². The summed E-state index contributed by atoms with van der Waals surface area (Å²) in [7, 11) is 4.10. The van der Waals surface area contributed by atoms with Gasteiger partial charge in [-0.05, 0) is 58.8 Å². The fraction of sp³-hybridized carbons (Fsp3) is 0.500. The number of hydrogen-bond donors (Lipinski definition) is 1. The number of thiazole rings is 1. The predicted molar refractivity (Wildman–Crippen MR) is 110 cm³/mol. The Hall–Kier alpha value is -1.64. The van der Waals surface area contributed by atoms with Crippen LogP contribution in [0.15, 0.2) is 23.2 Å². The van der Waals surface area contributed by atoms with Crippen molar-refractivity contribution in [2.45, 2.75) is 32.4 Å². The second-order valence-electron chi connectivity index (χ2n) is 6.32. The second-order valence-corrected chi connectivity index (χ2v) is 8.15. The molecule has 1 heterocycles. The zero-order chi connectivity index (χ0) is 19.3. The van der Waals surface area contributed by atoms with Crippen molar-refractivity contribution >= 4 is 44.3 Å². The Bertz CT molecular complexity index is 789. The largest absolute Gasteiger partial charge is 0.491 e. The van der Waals surface area contributed by atoms with E-state index in [4.69, 9.17) is 9.84 Å². The zero-order valence-corrected chi connectivity index (χ0v) is 17.4. The molecule has 1 N–H and O–H groups in total. The Morgan fingerprint density at radius 1 is 1.42 bits per heavy atom. The van der Waals surface area contributed by atoms with Crippen LogP contribution in [0.5, 0.6) is 5.75 Å². The molecule has 26 heavy (non-hydrogen) atoms. The van der Waals surface area contributed by atoms with Gasteiger partial charge in [-0.2, -0.15) is 0 Å². The molecule has 1 aromatic heterocycles. The Labute approximate surface area is 162 Å². The molecular weight excluding hydrogens is 370 g/mol. The van der Waals surface area contributed by atoms with Gasteiger partial charge in [-0.25, -0.2) is 9.78 Å². The summed E-state index contributed by atoms with van der Waals surface area (Å²) in [6.07, 6.45) is 2.96. The number of thioether (sulfide) groups is 1. The minimum Gasteiger partial charge on any atom is -0.491 e. The van der Waals surface area contributed by atoms with Gasteiger partial charge in [0.1, 0.15) is 21.8 Å². The fourth-order valence-corrected chi connectivity index (χ4v) is 3.97. The van der Waals surface area contributed by atoms with Crippen LogP contribution < -0.4 is 4.74 Å². The SMILES string of the molecule is CS/C(=N\[C@H](C)C(=O)O)c1nc2ccc(OC(C)CCN(C)C)cc2s1. The van der Waals surface area contributed by atoms with Crippen molar-refractivity contribution in [1.29, 1.82) is 0 Å². The van der Waals surface area contributed by atoms with Crippen LogP contribution in [0.3, 0.4) is 0 Å². The quantitative estimate of drug-likeness (QED) is 0.544. The van der Waals surface area contributed by atoms with E-state index in [0.717, 1.165) is 33.9 Å². The van der Waals surface area contributed by atoms with Gasteiger partial charge in [0, 0.05) is 6.54 Å². The average molecular weight is 396 g/mol. The zero-order valence-electron chi connectivity index (χ0n) is 15.7. The van der Waals surface area contributed by atoms with Gasteiger partial charge in [-0.3, -0.25) is 4.99 Å². The second kappa shape index (κ2) is 9.34. The van der Waals surface area contributed by atoms with E-state index in [0.29, 0.717) is 5.04 Å². The number of carbonyl (C=O) groups is 1. The van der Waals surface area contributed by atoms with Crippen molar-refractivity contribution < 1.29 is 14.6 Å². The highest BCUT2D eigenvalue weighted by molar-refractivity contribution is 8.14. The number of fused-ring (bicyclic) bond motifs is 1. The molecule has 0 saturated heterocycles. The van der Waals surface area contributed by atoms with E-state index in [2.05, 4.69) is 21.8 Å². The monoisotopic (exact) mass is 395 g/mol. The number of aliphatic imine (C=N–C) groups is 1. The first-order chi connectivity index (χ1) is 12.3. The number of benzene rings is 1.